The van der Waals surface area contributed by atoms with Crippen LogP contribution in [0, 0.1) is 6.92 Å². The second-order valence-electron chi connectivity index (χ2n) is 9.37. The highest BCUT2D eigenvalue weighted by Crippen LogP contribution is 2.28. The number of ether oxygens (including phenoxy) is 1. The summed E-state index contributed by atoms with van der Waals surface area (Å²) in [6.45, 7) is 7.82. The fraction of sp³-hybridized carbons (Fsp3) is 0.241. The molecule has 1 aliphatic heterocycles. The summed E-state index contributed by atoms with van der Waals surface area (Å²) in [5, 5.41) is 7.83. The molecule has 0 aliphatic carbocycles. The normalized spacial score (nSPS) is 14.6. The average Bonchev–Trinajstić information content (AvgIpc) is 3.33. The summed E-state index contributed by atoms with van der Waals surface area (Å²) in [5.41, 5.74) is 3.96. The van der Waals surface area contributed by atoms with Gasteiger partial charge in [0, 0.05) is 27.7 Å². The van der Waals surface area contributed by atoms with Crippen LogP contribution in [-0.4, -0.2) is 53.9 Å². The minimum atomic E-state index is 0.714. The van der Waals surface area contributed by atoms with Crippen LogP contribution in [0.1, 0.15) is 5.69 Å². The molecule has 0 amide bonds. The molecule has 2 aromatic heterocycles. The van der Waals surface area contributed by atoms with Gasteiger partial charge in [-0.05, 0) is 36.1 Å². The maximum Gasteiger partial charge on any atom is 0.165 e. The number of rotatable bonds is 6. The van der Waals surface area contributed by atoms with Crippen LogP contribution < -0.4 is 14.5 Å². The minimum absolute atomic E-state index is 0.714. The minimum Gasteiger partial charge on any atom is -0.487 e. The lowest BCUT2D eigenvalue weighted by molar-refractivity contribution is -0.900. The van der Waals surface area contributed by atoms with E-state index in [1.54, 1.807) is 4.90 Å². The largest absolute Gasteiger partial charge is 0.487 e. The Hall–Kier alpha value is -3.61. The number of aryl methyl sites for hydroxylation is 1. The Morgan fingerprint density at radius 2 is 1.75 bits per heavy atom. The summed E-state index contributed by atoms with van der Waals surface area (Å²) < 4.78 is 8.17. The molecule has 36 heavy (non-hydrogen) atoms. The molecule has 5 aromatic rings. The van der Waals surface area contributed by atoms with Gasteiger partial charge in [0.2, 0.25) is 0 Å². The Morgan fingerprint density at radius 1 is 0.972 bits per heavy atom. The molecule has 6 rings (SSSR count). The molecular weight excluding hydrogens is 470 g/mol. The SMILES string of the molecule is Cc1cc(N2CC[NH+](CCOc3cccc4ccccc34)CC2)n2ncc(-c3ccc(Cl)cc3)c2n1. The van der Waals surface area contributed by atoms with Gasteiger partial charge in [0.05, 0.1) is 32.4 Å². The molecule has 7 heteroatoms. The first kappa shape index (κ1) is 22.8. The van der Waals surface area contributed by atoms with Gasteiger partial charge in [-0.2, -0.15) is 9.61 Å². The Bertz CT molecular complexity index is 1500. The van der Waals surface area contributed by atoms with E-state index in [1.165, 1.54) is 10.8 Å². The maximum atomic E-state index is 6.19. The van der Waals surface area contributed by atoms with E-state index in [-0.39, 0.29) is 0 Å². The molecule has 3 heterocycles. The van der Waals surface area contributed by atoms with Gasteiger partial charge in [-0.25, -0.2) is 4.98 Å². The molecule has 1 saturated heterocycles. The Morgan fingerprint density at radius 3 is 2.58 bits per heavy atom. The zero-order valence-corrected chi connectivity index (χ0v) is 21.1. The van der Waals surface area contributed by atoms with Crippen LogP contribution in [0.4, 0.5) is 5.82 Å². The van der Waals surface area contributed by atoms with Gasteiger partial charge < -0.3 is 14.5 Å². The van der Waals surface area contributed by atoms with E-state index in [1.807, 2.05) is 41.9 Å². The Labute approximate surface area is 215 Å². The molecule has 0 atom stereocenters. The van der Waals surface area contributed by atoms with E-state index in [0.29, 0.717) is 6.61 Å². The molecule has 1 fully saturated rings. The maximum absolute atomic E-state index is 6.19. The van der Waals surface area contributed by atoms with Crippen LogP contribution in [-0.2, 0) is 0 Å². The first-order valence-corrected chi connectivity index (χ1v) is 12.8. The topological polar surface area (TPSA) is 47.1 Å². The molecular formula is C29H29ClN5O+. The van der Waals surface area contributed by atoms with E-state index in [9.17, 15) is 0 Å². The fourth-order valence-corrected chi connectivity index (χ4v) is 5.18. The predicted molar refractivity (Wildman–Crippen MR) is 145 cm³/mol. The van der Waals surface area contributed by atoms with Gasteiger partial charge in [0.15, 0.2) is 5.65 Å². The number of nitrogens with zero attached hydrogens (tertiary/aromatic N) is 4. The van der Waals surface area contributed by atoms with E-state index in [0.717, 1.165) is 71.8 Å². The number of halogens is 1. The monoisotopic (exact) mass is 498 g/mol. The third kappa shape index (κ3) is 4.50. The molecule has 0 unspecified atom stereocenters. The summed E-state index contributed by atoms with van der Waals surface area (Å²) in [5.74, 6) is 2.07. The van der Waals surface area contributed by atoms with Crippen LogP contribution in [0.2, 0.25) is 5.02 Å². The van der Waals surface area contributed by atoms with E-state index in [4.69, 9.17) is 26.4 Å². The number of nitrogens with one attached hydrogen (secondary N) is 1. The van der Waals surface area contributed by atoms with Crippen molar-refractivity contribution in [3.63, 3.8) is 0 Å². The summed E-state index contributed by atoms with van der Waals surface area (Å²) >= 11 is 6.09. The van der Waals surface area contributed by atoms with Crippen molar-refractivity contribution >= 4 is 33.8 Å². The quantitative estimate of drug-likeness (QED) is 0.379. The number of benzene rings is 3. The smallest absolute Gasteiger partial charge is 0.165 e. The van der Waals surface area contributed by atoms with E-state index < -0.39 is 0 Å². The second-order valence-corrected chi connectivity index (χ2v) is 9.81. The van der Waals surface area contributed by atoms with Gasteiger partial charge in [-0.15, -0.1) is 0 Å². The van der Waals surface area contributed by atoms with Crippen molar-refractivity contribution in [2.45, 2.75) is 6.92 Å². The summed E-state index contributed by atoms with van der Waals surface area (Å²) in [6, 6.07) is 24.6. The van der Waals surface area contributed by atoms with Crippen molar-refractivity contribution in [1.29, 1.82) is 0 Å². The van der Waals surface area contributed by atoms with E-state index in [2.05, 4.69) is 53.4 Å². The van der Waals surface area contributed by atoms with Gasteiger partial charge in [-0.1, -0.05) is 60.1 Å². The summed E-state index contributed by atoms with van der Waals surface area (Å²) in [4.78, 5) is 8.81. The number of piperazine rings is 1. The highest BCUT2D eigenvalue weighted by Gasteiger charge is 2.23. The predicted octanol–water partition coefficient (Wildman–Crippen LogP) is 4.30. The van der Waals surface area contributed by atoms with Gasteiger partial charge in [0.25, 0.3) is 0 Å². The number of hydrogen-bond acceptors (Lipinski definition) is 4. The number of hydrogen-bond donors (Lipinski definition) is 1. The van der Waals surface area contributed by atoms with Gasteiger partial charge in [0.1, 0.15) is 24.7 Å². The summed E-state index contributed by atoms with van der Waals surface area (Å²) in [6.07, 6.45) is 1.90. The van der Waals surface area contributed by atoms with Crippen molar-refractivity contribution in [3.8, 4) is 16.9 Å². The molecule has 6 nitrogen and oxygen atoms in total. The molecule has 0 radical (unpaired) electrons. The molecule has 0 spiro atoms. The van der Waals surface area contributed by atoms with Crippen LogP contribution in [0.5, 0.6) is 5.75 Å². The van der Waals surface area contributed by atoms with Gasteiger partial charge in [-0.3, -0.25) is 0 Å². The zero-order chi connectivity index (χ0) is 24.5. The second kappa shape index (κ2) is 9.80. The van der Waals surface area contributed by atoms with Crippen LogP contribution in [0.3, 0.4) is 0 Å². The van der Waals surface area contributed by atoms with Crippen molar-refractivity contribution in [2.75, 3.05) is 44.2 Å². The molecule has 1 N–H and O–H groups in total. The van der Waals surface area contributed by atoms with Crippen LogP contribution >= 0.6 is 11.6 Å². The van der Waals surface area contributed by atoms with Crippen LogP contribution in [0.25, 0.3) is 27.5 Å². The standard InChI is InChI=1S/C29H28ClN5O/c1-21-19-28(35-29(32-21)26(20-31-35)23-9-11-24(30)12-10-23)34-15-13-33(14-16-34)17-18-36-27-8-4-6-22-5-2-3-7-25(22)27/h2-12,19-20H,13-18H2,1H3/p+1. The third-order valence-corrected chi connectivity index (χ3v) is 7.25. The van der Waals surface area contributed by atoms with Crippen molar-refractivity contribution < 1.29 is 9.64 Å². The first-order valence-electron chi connectivity index (χ1n) is 12.5. The fourth-order valence-electron chi connectivity index (χ4n) is 5.05. The molecule has 1 aliphatic rings. The van der Waals surface area contributed by atoms with Crippen molar-refractivity contribution in [2.24, 2.45) is 0 Å². The Kier molecular flexibility index (Phi) is 6.21. The number of fused-ring (bicyclic) bond motifs is 2. The van der Waals surface area contributed by atoms with Crippen LogP contribution in [0.15, 0.2) is 79.0 Å². The lowest BCUT2D eigenvalue weighted by Gasteiger charge is -2.33. The molecule has 182 valence electrons. The van der Waals surface area contributed by atoms with E-state index >= 15 is 0 Å². The average molecular weight is 499 g/mol. The first-order chi connectivity index (χ1) is 17.7. The third-order valence-electron chi connectivity index (χ3n) is 6.99. The Balaban J connectivity index is 1.12. The van der Waals surface area contributed by atoms with Crippen molar-refractivity contribution in [1.82, 2.24) is 14.6 Å². The zero-order valence-electron chi connectivity index (χ0n) is 20.3. The molecule has 0 saturated carbocycles. The highest BCUT2D eigenvalue weighted by molar-refractivity contribution is 6.30. The number of quaternary nitrogens is 1. The molecule has 3 aromatic carbocycles. The number of anilines is 1. The lowest BCUT2D eigenvalue weighted by atomic mass is 10.1. The number of aromatic nitrogens is 3. The summed E-state index contributed by atoms with van der Waals surface area (Å²) in [7, 11) is 0. The van der Waals surface area contributed by atoms with Crippen molar-refractivity contribution in [3.05, 3.63) is 89.7 Å². The molecule has 0 bridgehead atoms. The lowest BCUT2D eigenvalue weighted by Crippen LogP contribution is -3.15. The highest BCUT2D eigenvalue weighted by atomic mass is 35.5. The van der Waals surface area contributed by atoms with Gasteiger partial charge >= 0.3 is 0 Å².